The van der Waals surface area contributed by atoms with Gasteiger partial charge in [-0.15, -0.1) is 0 Å². The summed E-state index contributed by atoms with van der Waals surface area (Å²) >= 11 is 2.72. The van der Waals surface area contributed by atoms with E-state index < -0.39 is 15.8 Å². The molecule has 42 heavy (non-hydrogen) atoms. The fourth-order valence-electron chi connectivity index (χ4n) is 6.02. The molecule has 0 radical (unpaired) electrons. The second-order valence-corrected chi connectivity index (χ2v) is 15.9. The third-order valence-corrected chi connectivity index (χ3v) is 12.2. The molecule has 0 aliphatic carbocycles. The van der Waals surface area contributed by atoms with Gasteiger partial charge in [-0.25, -0.2) is 0 Å². The van der Waals surface area contributed by atoms with Gasteiger partial charge in [0.2, 0.25) is 0 Å². The zero-order valence-electron chi connectivity index (χ0n) is 25.9. The van der Waals surface area contributed by atoms with Crippen LogP contribution in [0.1, 0.15) is 44.5 Å². The Morgan fingerprint density at radius 3 is 0.738 bits per heavy atom. The van der Waals surface area contributed by atoms with Crippen LogP contribution in [0.25, 0.3) is 0 Å². The molecule has 5 aromatic carbocycles. The third-order valence-electron chi connectivity index (χ3n) is 7.22. The Labute approximate surface area is 268 Å². The second kappa shape index (κ2) is 14.5. The van der Waals surface area contributed by atoms with Crippen molar-refractivity contribution in [1.82, 2.24) is 0 Å². The van der Waals surface area contributed by atoms with Crippen molar-refractivity contribution in [3.63, 3.8) is 0 Å². The summed E-state index contributed by atoms with van der Waals surface area (Å²) in [4.78, 5) is 0. The van der Waals surface area contributed by atoms with Crippen molar-refractivity contribution in [1.29, 1.82) is 0 Å². The minimum atomic E-state index is -0.759. The molecular formula is C38H40ClFeP2. The predicted octanol–water partition coefficient (Wildman–Crippen LogP) is 8.36. The molecule has 0 fully saturated rings. The Bertz CT molecular complexity index is 1400. The van der Waals surface area contributed by atoms with Crippen LogP contribution < -0.4 is 31.8 Å². The Morgan fingerprint density at radius 2 is 0.548 bits per heavy atom. The van der Waals surface area contributed by atoms with Crippen molar-refractivity contribution >= 4 is 57.8 Å². The molecule has 0 N–H and O–H groups in total. The van der Waals surface area contributed by atoms with Crippen molar-refractivity contribution in [3.8, 4) is 0 Å². The van der Waals surface area contributed by atoms with Crippen LogP contribution in [0.5, 0.6) is 0 Å². The van der Waals surface area contributed by atoms with Crippen molar-refractivity contribution in [2.45, 2.75) is 55.4 Å². The van der Waals surface area contributed by atoms with Crippen molar-refractivity contribution < 1.29 is 15.1 Å². The molecule has 217 valence electrons. The molecule has 0 nitrogen and oxygen atoms in total. The molecule has 0 bridgehead atoms. The van der Waals surface area contributed by atoms with Gasteiger partial charge < -0.3 is 0 Å². The zero-order valence-corrected chi connectivity index (χ0v) is 29.5. The van der Waals surface area contributed by atoms with E-state index in [0.717, 1.165) is 0 Å². The van der Waals surface area contributed by atoms with E-state index in [4.69, 9.17) is 0 Å². The summed E-state index contributed by atoms with van der Waals surface area (Å²) in [6, 6.07) is 37.9. The summed E-state index contributed by atoms with van der Waals surface area (Å²) in [5.41, 5.74) is 10.6. The average molecular weight is 650 g/mol. The molecule has 5 rings (SSSR count). The Morgan fingerprint density at radius 1 is 0.357 bits per heavy atom. The first kappa shape index (κ1) is 32.7. The molecule has 0 unspecified atom stereocenters. The summed E-state index contributed by atoms with van der Waals surface area (Å²) in [5.74, 6) is 0. The Kier molecular flexibility index (Phi) is 11.3. The van der Waals surface area contributed by atoms with Crippen LogP contribution in [0, 0.1) is 55.4 Å². The van der Waals surface area contributed by atoms with Crippen molar-refractivity contribution in [2.75, 3.05) is 0 Å². The Hall–Kier alpha value is -2.23. The number of aryl methyl sites for hydroxylation is 8. The van der Waals surface area contributed by atoms with Gasteiger partial charge in [-0.2, -0.15) is 0 Å². The first-order valence-electron chi connectivity index (χ1n) is 14.2. The van der Waals surface area contributed by atoms with E-state index in [1.54, 1.807) is 0 Å². The maximum atomic E-state index is 4.39. The molecule has 0 saturated carbocycles. The van der Waals surface area contributed by atoms with Gasteiger partial charge in [0.05, 0.1) is 0 Å². The number of hydrogen-bond donors (Lipinski definition) is 0. The predicted molar refractivity (Wildman–Crippen MR) is 188 cm³/mol. The maximum absolute atomic E-state index is 4.39. The number of halogens is 1. The van der Waals surface area contributed by atoms with Gasteiger partial charge in [-0.3, -0.25) is 0 Å². The van der Waals surface area contributed by atoms with Crippen LogP contribution in [0.15, 0.2) is 97.1 Å². The van der Waals surface area contributed by atoms with E-state index >= 15 is 0 Å². The Balaban J connectivity index is 0.00000198. The van der Waals surface area contributed by atoms with Crippen LogP contribution >= 0.6 is 25.9 Å². The van der Waals surface area contributed by atoms with Crippen LogP contribution in [0.3, 0.4) is 0 Å². The van der Waals surface area contributed by atoms with Crippen molar-refractivity contribution in [3.05, 3.63) is 142 Å². The molecule has 0 aliphatic heterocycles. The summed E-state index contributed by atoms with van der Waals surface area (Å²) < 4.78 is 0. The fourth-order valence-corrected chi connectivity index (χ4v) is 12.1. The summed E-state index contributed by atoms with van der Waals surface area (Å²) in [7, 11) is 2.87. The normalized spacial score (nSPS) is 11.0. The SMILES string of the molecule is Cc1cc(C)cc(P(c2cc(C)cc(C)c2)c2ccccc2P(c2cc(C)cc(C)c2)c2cc(C)cc(C)c2)c1.[Cl][Fe]. The summed E-state index contributed by atoms with van der Waals surface area (Å²) in [6.07, 6.45) is 0. The standard InChI is InChI=1S/C38H40P2.ClH.Fe/c1-25-13-26(2)18-33(17-25)39(34-19-27(3)14-28(4)20-34)37-11-9-10-12-38(37)40(35-21-29(5)15-30(6)22-35)36-23-31(7)16-32(8)24-36;;/h9-24H,1-8H3;1H;/q;;+1/p-1. The molecule has 5 aromatic rings. The van der Waals surface area contributed by atoms with E-state index in [0.29, 0.717) is 0 Å². The van der Waals surface area contributed by atoms with E-state index in [-0.39, 0.29) is 0 Å². The molecule has 0 saturated heterocycles. The molecule has 0 heterocycles. The van der Waals surface area contributed by atoms with Gasteiger partial charge in [0.1, 0.15) is 0 Å². The summed E-state index contributed by atoms with van der Waals surface area (Å²) in [5, 5.41) is 8.66. The number of hydrogen-bond acceptors (Lipinski definition) is 0. The van der Waals surface area contributed by atoms with Gasteiger partial charge in [0, 0.05) is 0 Å². The molecule has 0 atom stereocenters. The van der Waals surface area contributed by atoms with Gasteiger partial charge >= 0.3 is 25.2 Å². The zero-order chi connectivity index (χ0) is 30.6. The van der Waals surface area contributed by atoms with Crippen LogP contribution in [0.4, 0.5) is 0 Å². The van der Waals surface area contributed by atoms with E-state index in [2.05, 4.69) is 178 Å². The topological polar surface area (TPSA) is 0 Å². The van der Waals surface area contributed by atoms with Gasteiger partial charge in [-0.05, 0) is 103 Å². The second-order valence-electron chi connectivity index (χ2n) is 11.5. The van der Waals surface area contributed by atoms with E-state index in [1.165, 1.54) is 76.3 Å². The first-order valence-corrected chi connectivity index (χ1v) is 18.4. The van der Waals surface area contributed by atoms with Gasteiger partial charge in [-0.1, -0.05) is 142 Å². The summed E-state index contributed by atoms with van der Waals surface area (Å²) in [6.45, 7) is 17.9. The minimum absolute atomic E-state index is 0.759. The molecule has 0 aliphatic rings. The average Bonchev–Trinajstić information content (AvgIpc) is 2.89. The van der Waals surface area contributed by atoms with E-state index in [9.17, 15) is 0 Å². The first-order chi connectivity index (χ1) is 20.1. The molecule has 4 heteroatoms. The number of benzene rings is 5. The number of rotatable bonds is 6. The van der Waals surface area contributed by atoms with Gasteiger partial charge in [0.15, 0.2) is 0 Å². The van der Waals surface area contributed by atoms with Crippen LogP contribution in [-0.2, 0) is 15.1 Å². The van der Waals surface area contributed by atoms with Gasteiger partial charge in [0.25, 0.3) is 0 Å². The molecule has 0 amide bonds. The fraction of sp³-hybridized carbons (Fsp3) is 0.211. The van der Waals surface area contributed by atoms with Crippen LogP contribution in [-0.4, -0.2) is 0 Å². The third kappa shape index (κ3) is 7.83. The molecule has 0 spiro atoms. The molecule has 0 aromatic heterocycles. The monoisotopic (exact) mass is 649 g/mol. The van der Waals surface area contributed by atoms with E-state index in [1.807, 2.05) is 0 Å². The molecular weight excluding hydrogens is 610 g/mol. The van der Waals surface area contributed by atoms with Crippen LogP contribution in [0.2, 0.25) is 0 Å². The quantitative estimate of drug-likeness (QED) is 0.128. The van der Waals surface area contributed by atoms with Crippen molar-refractivity contribution in [2.24, 2.45) is 0 Å².